The standard InChI is InChI=1S/C7H8BrFN2/c8-7-5(4-11-10)2-1-3-6(7)9/h1-3,11H,4,10H2. The fourth-order valence-corrected chi connectivity index (χ4v) is 1.20. The summed E-state index contributed by atoms with van der Waals surface area (Å²) >= 11 is 3.11. The van der Waals surface area contributed by atoms with Crippen LogP contribution in [0.5, 0.6) is 0 Å². The maximum Gasteiger partial charge on any atom is 0.137 e. The molecule has 0 heterocycles. The van der Waals surface area contributed by atoms with Crippen molar-refractivity contribution >= 4 is 15.9 Å². The van der Waals surface area contributed by atoms with Gasteiger partial charge in [0.05, 0.1) is 4.47 Å². The first kappa shape index (κ1) is 8.64. The normalized spacial score (nSPS) is 10.1. The van der Waals surface area contributed by atoms with Crippen LogP contribution in [0.1, 0.15) is 5.56 Å². The summed E-state index contributed by atoms with van der Waals surface area (Å²) in [6, 6.07) is 4.84. The van der Waals surface area contributed by atoms with Crippen LogP contribution in [0.3, 0.4) is 0 Å². The van der Waals surface area contributed by atoms with Gasteiger partial charge in [0.1, 0.15) is 5.82 Å². The highest BCUT2D eigenvalue weighted by Gasteiger charge is 2.02. The molecular formula is C7H8BrFN2. The molecule has 0 aliphatic carbocycles. The monoisotopic (exact) mass is 218 g/mol. The van der Waals surface area contributed by atoms with E-state index in [1.54, 1.807) is 12.1 Å². The second kappa shape index (κ2) is 3.80. The van der Waals surface area contributed by atoms with E-state index in [1.165, 1.54) is 6.07 Å². The molecule has 0 atom stereocenters. The minimum atomic E-state index is -0.266. The van der Waals surface area contributed by atoms with Crippen LogP contribution < -0.4 is 11.3 Å². The second-order valence-corrected chi connectivity index (χ2v) is 2.89. The molecule has 1 aromatic carbocycles. The Morgan fingerprint density at radius 1 is 1.55 bits per heavy atom. The molecule has 1 aromatic rings. The Balaban J connectivity index is 2.96. The second-order valence-electron chi connectivity index (χ2n) is 2.09. The maximum absolute atomic E-state index is 12.8. The van der Waals surface area contributed by atoms with Gasteiger partial charge in [-0.05, 0) is 27.6 Å². The van der Waals surface area contributed by atoms with E-state index >= 15 is 0 Å². The molecule has 0 unspecified atom stereocenters. The average molecular weight is 219 g/mol. The summed E-state index contributed by atoms with van der Waals surface area (Å²) < 4.78 is 13.3. The summed E-state index contributed by atoms with van der Waals surface area (Å²) in [5, 5.41) is 0. The number of hydrogen-bond acceptors (Lipinski definition) is 2. The number of halogens is 2. The van der Waals surface area contributed by atoms with Crippen LogP contribution in [0.4, 0.5) is 4.39 Å². The molecule has 2 nitrogen and oxygen atoms in total. The van der Waals surface area contributed by atoms with Gasteiger partial charge in [-0.15, -0.1) is 0 Å². The quantitative estimate of drug-likeness (QED) is 0.585. The Morgan fingerprint density at radius 3 is 2.91 bits per heavy atom. The van der Waals surface area contributed by atoms with Crippen molar-refractivity contribution in [1.82, 2.24) is 5.43 Å². The summed E-state index contributed by atoms with van der Waals surface area (Å²) in [7, 11) is 0. The van der Waals surface area contributed by atoms with Crippen molar-refractivity contribution in [1.29, 1.82) is 0 Å². The minimum Gasteiger partial charge on any atom is -0.271 e. The van der Waals surface area contributed by atoms with Crippen molar-refractivity contribution in [2.75, 3.05) is 0 Å². The highest BCUT2D eigenvalue weighted by molar-refractivity contribution is 9.10. The Morgan fingerprint density at radius 2 is 2.27 bits per heavy atom. The lowest BCUT2D eigenvalue weighted by Crippen LogP contribution is -2.21. The van der Waals surface area contributed by atoms with Crippen LogP contribution in [0, 0.1) is 5.82 Å². The minimum absolute atomic E-state index is 0.266. The SMILES string of the molecule is NNCc1cccc(F)c1Br. The van der Waals surface area contributed by atoms with Crippen LogP contribution >= 0.6 is 15.9 Å². The van der Waals surface area contributed by atoms with E-state index in [4.69, 9.17) is 5.84 Å². The van der Waals surface area contributed by atoms with Gasteiger partial charge in [0.15, 0.2) is 0 Å². The van der Waals surface area contributed by atoms with Crippen molar-refractivity contribution in [2.45, 2.75) is 6.54 Å². The smallest absolute Gasteiger partial charge is 0.137 e. The van der Waals surface area contributed by atoms with Gasteiger partial charge in [0.25, 0.3) is 0 Å². The molecule has 0 saturated heterocycles. The average Bonchev–Trinajstić information content (AvgIpc) is 1.99. The van der Waals surface area contributed by atoms with Crippen molar-refractivity contribution < 1.29 is 4.39 Å². The largest absolute Gasteiger partial charge is 0.271 e. The fourth-order valence-electron chi connectivity index (χ4n) is 0.795. The molecule has 0 fully saturated rings. The fraction of sp³-hybridized carbons (Fsp3) is 0.143. The molecule has 0 amide bonds. The molecule has 0 saturated carbocycles. The molecule has 11 heavy (non-hydrogen) atoms. The van der Waals surface area contributed by atoms with Crippen molar-refractivity contribution in [3.8, 4) is 0 Å². The molecule has 0 aliphatic heterocycles. The van der Waals surface area contributed by atoms with Crippen LogP contribution in [-0.4, -0.2) is 0 Å². The molecule has 0 radical (unpaired) electrons. The Hall–Kier alpha value is -0.450. The van der Waals surface area contributed by atoms with Crippen molar-refractivity contribution in [3.05, 3.63) is 34.1 Å². The van der Waals surface area contributed by atoms with E-state index in [1.807, 2.05) is 0 Å². The van der Waals surface area contributed by atoms with Crippen LogP contribution in [0.2, 0.25) is 0 Å². The first-order chi connectivity index (χ1) is 5.25. The highest BCUT2D eigenvalue weighted by atomic mass is 79.9. The van der Waals surface area contributed by atoms with Crippen LogP contribution in [0.25, 0.3) is 0 Å². The van der Waals surface area contributed by atoms with Gasteiger partial charge in [-0.25, -0.2) is 4.39 Å². The molecule has 4 heteroatoms. The first-order valence-corrected chi connectivity index (χ1v) is 3.91. The van der Waals surface area contributed by atoms with E-state index in [-0.39, 0.29) is 5.82 Å². The third-order valence-electron chi connectivity index (χ3n) is 1.32. The zero-order chi connectivity index (χ0) is 8.27. The first-order valence-electron chi connectivity index (χ1n) is 3.12. The number of hydrazine groups is 1. The lowest BCUT2D eigenvalue weighted by molar-refractivity contribution is 0.614. The molecule has 60 valence electrons. The third kappa shape index (κ3) is 1.99. The number of nitrogens with two attached hydrogens (primary N) is 1. The number of hydrogen-bond donors (Lipinski definition) is 2. The van der Waals surface area contributed by atoms with E-state index in [0.29, 0.717) is 11.0 Å². The Labute approximate surface area is 72.7 Å². The number of benzene rings is 1. The summed E-state index contributed by atoms with van der Waals surface area (Å²) in [4.78, 5) is 0. The molecule has 3 N–H and O–H groups in total. The lowest BCUT2D eigenvalue weighted by atomic mass is 10.2. The molecule has 0 spiro atoms. The highest BCUT2D eigenvalue weighted by Crippen LogP contribution is 2.19. The van der Waals surface area contributed by atoms with Crippen molar-refractivity contribution in [3.63, 3.8) is 0 Å². The van der Waals surface area contributed by atoms with Gasteiger partial charge >= 0.3 is 0 Å². The van der Waals surface area contributed by atoms with Gasteiger partial charge in [0, 0.05) is 6.54 Å². The van der Waals surface area contributed by atoms with Gasteiger partial charge in [-0.3, -0.25) is 11.3 Å². The van der Waals surface area contributed by atoms with Gasteiger partial charge in [-0.2, -0.15) is 0 Å². The number of nitrogens with one attached hydrogen (secondary N) is 1. The maximum atomic E-state index is 12.8. The summed E-state index contributed by atoms with van der Waals surface area (Å²) in [5.74, 6) is 4.82. The van der Waals surface area contributed by atoms with E-state index in [9.17, 15) is 4.39 Å². The van der Waals surface area contributed by atoms with Crippen LogP contribution in [0.15, 0.2) is 22.7 Å². The van der Waals surface area contributed by atoms with E-state index in [2.05, 4.69) is 21.4 Å². The van der Waals surface area contributed by atoms with E-state index in [0.717, 1.165) is 5.56 Å². The molecule has 1 rings (SSSR count). The molecule has 0 bridgehead atoms. The van der Waals surface area contributed by atoms with Gasteiger partial charge < -0.3 is 0 Å². The molecule has 0 aromatic heterocycles. The zero-order valence-electron chi connectivity index (χ0n) is 5.77. The molecule has 0 aliphatic rings. The van der Waals surface area contributed by atoms with Gasteiger partial charge in [-0.1, -0.05) is 12.1 Å². The predicted molar refractivity (Wildman–Crippen MR) is 45.1 cm³/mol. The summed E-state index contributed by atoms with van der Waals surface area (Å²) in [5.41, 5.74) is 3.27. The zero-order valence-corrected chi connectivity index (χ0v) is 7.36. The van der Waals surface area contributed by atoms with E-state index < -0.39 is 0 Å². The Kier molecular flexibility index (Phi) is 2.99. The lowest BCUT2D eigenvalue weighted by Gasteiger charge is -2.02. The summed E-state index contributed by atoms with van der Waals surface area (Å²) in [6.07, 6.45) is 0. The predicted octanol–water partition coefficient (Wildman–Crippen LogP) is 1.55. The number of rotatable bonds is 2. The van der Waals surface area contributed by atoms with Crippen molar-refractivity contribution in [2.24, 2.45) is 5.84 Å². The van der Waals surface area contributed by atoms with Crippen LogP contribution in [-0.2, 0) is 6.54 Å². The van der Waals surface area contributed by atoms with Gasteiger partial charge in [0.2, 0.25) is 0 Å². The topological polar surface area (TPSA) is 38.0 Å². The summed E-state index contributed by atoms with van der Waals surface area (Å²) in [6.45, 7) is 0.457. The Bertz CT molecular complexity index is 252. The molecular weight excluding hydrogens is 211 g/mol. The third-order valence-corrected chi connectivity index (χ3v) is 2.21.